The van der Waals surface area contributed by atoms with Gasteiger partial charge in [-0.2, -0.15) is 0 Å². The van der Waals surface area contributed by atoms with E-state index in [1.807, 2.05) is 31.2 Å². The van der Waals surface area contributed by atoms with Gasteiger partial charge in [0.05, 0.1) is 13.0 Å². The minimum atomic E-state index is -0.853. The van der Waals surface area contributed by atoms with Crippen molar-refractivity contribution in [2.24, 2.45) is 0 Å². The number of hydrogen-bond acceptors (Lipinski definition) is 4. The number of aryl methyl sites for hydroxylation is 1. The number of carboxylic acid groups (broad SMARTS) is 1. The number of aliphatic carboxylic acids is 1. The maximum absolute atomic E-state index is 10.6. The number of aromatic nitrogens is 1. The first-order valence-electron chi connectivity index (χ1n) is 6.08. The molecule has 5 nitrogen and oxygen atoms in total. The Morgan fingerprint density at radius 2 is 2.11 bits per heavy atom. The zero-order valence-electron chi connectivity index (χ0n) is 10.6. The third kappa shape index (κ3) is 3.34. The fourth-order valence-electron chi connectivity index (χ4n) is 1.78. The summed E-state index contributed by atoms with van der Waals surface area (Å²) in [5, 5.41) is 8.69. The van der Waals surface area contributed by atoms with Crippen LogP contribution in [0.15, 0.2) is 35.1 Å². The van der Waals surface area contributed by atoms with Crippen LogP contribution in [0.25, 0.3) is 11.3 Å². The zero-order valence-corrected chi connectivity index (χ0v) is 10.6. The normalized spacial score (nSPS) is 10.4. The average molecular weight is 261 g/mol. The van der Waals surface area contributed by atoms with Crippen molar-refractivity contribution >= 4 is 5.97 Å². The number of nitrogens with zero attached hydrogens (tertiary/aromatic N) is 1. The highest BCUT2D eigenvalue weighted by Crippen LogP contribution is 2.25. The molecule has 0 aliphatic heterocycles. The smallest absolute Gasteiger partial charge is 0.303 e. The monoisotopic (exact) mass is 261 g/mol. The van der Waals surface area contributed by atoms with Crippen LogP contribution in [0, 0.1) is 0 Å². The molecule has 0 amide bonds. The van der Waals surface area contributed by atoms with E-state index in [9.17, 15) is 4.79 Å². The van der Waals surface area contributed by atoms with Crippen molar-refractivity contribution in [3.05, 3.63) is 36.4 Å². The molecule has 100 valence electrons. The molecule has 1 aromatic heterocycles. The quantitative estimate of drug-likeness (QED) is 0.865. The van der Waals surface area contributed by atoms with Crippen LogP contribution >= 0.6 is 0 Å². The molecule has 5 heteroatoms. The maximum atomic E-state index is 10.6. The molecule has 0 spiro atoms. The van der Waals surface area contributed by atoms with Gasteiger partial charge >= 0.3 is 5.97 Å². The Morgan fingerprint density at radius 1 is 1.37 bits per heavy atom. The van der Waals surface area contributed by atoms with Crippen molar-refractivity contribution in [2.75, 3.05) is 6.61 Å². The summed E-state index contributed by atoms with van der Waals surface area (Å²) >= 11 is 0. The van der Waals surface area contributed by atoms with Crippen molar-refractivity contribution < 1.29 is 19.1 Å². The molecule has 1 N–H and O–H groups in total. The predicted octanol–water partition coefficient (Wildman–Crippen LogP) is 2.76. The van der Waals surface area contributed by atoms with Gasteiger partial charge in [-0.05, 0) is 31.2 Å². The lowest BCUT2D eigenvalue weighted by atomic mass is 10.1. The molecule has 0 aliphatic carbocycles. The molecule has 0 fully saturated rings. The Labute approximate surface area is 110 Å². The van der Waals surface area contributed by atoms with E-state index in [0.29, 0.717) is 24.5 Å². The highest BCUT2D eigenvalue weighted by molar-refractivity contribution is 5.68. The molecule has 0 aliphatic rings. The first-order valence-corrected chi connectivity index (χ1v) is 6.08. The van der Waals surface area contributed by atoms with Gasteiger partial charge < -0.3 is 14.3 Å². The molecular weight excluding hydrogens is 246 g/mol. The van der Waals surface area contributed by atoms with Gasteiger partial charge in [-0.3, -0.25) is 4.79 Å². The number of ether oxygens (including phenoxy) is 1. The van der Waals surface area contributed by atoms with E-state index in [-0.39, 0.29) is 6.42 Å². The summed E-state index contributed by atoms with van der Waals surface area (Å²) in [5.74, 6) is 0.530. The standard InChI is InChI=1S/C14H15NO4/c1-2-18-11-5-3-10(4-6-11)14-12(19-9-15-14)7-8-13(16)17/h3-6,9H,2,7-8H2,1H3,(H,16,17). The second-order valence-electron chi connectivity index (χ2n) is 3.98. The Morgan fingerprint density at radius 3 is 2.74 bits per heavy atom. The summed E-state index contributed by atoms with van der Waals surface area (Å²) in [6.07, 6.45) is 1.69. The van der Waals surface area contributed by atoms with Gasteiger partial charge in [0.1, 0.15) is 17.2 Å². The van der Waals surface area contributed by atoms with Crippen molar-refractivity contribution in [3.8, 4) is 17.0 Å². The van der Waals surface area contributed by atoms with Gasteiger partial charge in [-0.15, -0.1) is 0 Å². The summed E-state index contributed by atoms with van der Waals surface area (Å²) in [6, 6.07) is 7.48. The van der Waals surface area contributed by atoms with Gasteiger partial charge in [0.15, 0.2) is 6.39 Å². The fourth-order valence-corrected chi connectivity index (χ4v) is 1.78. The largest absolute Gasteiger partial charge is 0.494 e. The van der Waals surface area contributed by atoms with Crippen molar-refractivity contribution in [1.29, 1.82) is 0 Å². The molecule has 0 bridgehead atoms. The van der Waals surface area contributed by atoms with Crippen LogP contribution in [0.2, 0.25) is 0 Å². The molecule has 0 saturated heterocycles. The molecule has 19 heavy (non-hydrogen) atoms. The van der Waals surface area contributed by atoms with Gasteiger partial charge in [0, 0.05) is 12.0 Å². The molecule has 2 rings (SSSR count). The van der Waals surface area contributed by atoms with E-state index in [2.05, 4.69) is 4.98 Å². The van der Waals surface area contributed by atoms with Gasteiger partial charge in [0.2, 0.25) is 0 Å². The summed E-state index contributed by atoms with van der Waals surface area (Å²) in [4.78, 5) is 14.7. The lowest BCUT2D eigenvalue weighted by molar-refractivity contribution is -0.137. The Bertz CT molecular complexity index is 545. The van der Waals surface area contributed by atoms with E-state index >= 15 is 0 Å². The van der Waals surface area contributed by atoms with Crippen molar-refractivity contribution in [2.45, 2.75) is 19.8 Å². The number of carboxylic acids is 1. The number of oxazole rings is 1. The van der Waals surface area contributed by atoms with Gasteiger partial charge in [0.25, 0.3) is 0 Å². The summed E-state index contributed by atoms with van der Waals surface area (Å²) in [7, 11) is 0. The van der Waals surface area contributed by atoms with E-state index < -0.39 is 5.97 Å². The predicted molar refractivity (Wildman–Crippen MR) is 69.1 cm³/mol. The van der Waals surface area contributed by atoms with Crippen LogP contribution < -0.4 is 4.74 Å². The minimum Gasteiger partial charge on any atom is -0.494 e. The van der Waals surface area contributed by atoms with Crippen LogP contribution in [0.3, 0.4) is 0 Å². The summed E-state index contributed by atoms with van der Waals surface area (Å²) < 4.78 is 10.6. The highest BCUT2D eigenvalue weighted by Gasteiger charge is 2.12. The van der Waals surface area contributed by atoms with Crippen molar-refractivity contribution in [3.63, 3.8) is 0 Å². The van der Waals surface area contributed by atoms with Gasteiger partial charge in [-0.25, -0.2) is 4.98 Å². The molecule has 1 heterocycles. The van der Waals surface area contributed by atoms with Crippen LogP contribution in [0.1, 0.15) is 19.1 Å². The number of rotatable bonds is 6. The average Bonchev–Trinajstić information content (AvgIpc) is 2.86. The molecule has 0 saturated carbocycles. The Balaban J connectivity index is 2.17. The Kier molecular flexibility index (Phi) is 4.18. The second-order valence-corrected chi connectivity index (χ2v) is 3.98. The minimum absolute atomic E-state index is 0.0270. The molecule has 1 aromatic carbocycles. The van der Waals surface area contributed by atoms with E-state index in [1.165, 1.54) is 6.39 Å². The van der Waals surface area contributed by atoms with E-state index in [1.54, 1.807) is 0 Å². The molecule has 0 unspecified atom stereocenters. The molecule has 0 atom stereocenters. The molecular formula is C14H15NO4. The van der Waals surface area contributed by atoms with Crippen molar-refractivity contribution in [1.82, 2.24) is 4.98 Å². The lowest BCUT2D eigenvalue weighted by Gasteiger charge is -2.04. The topological polar surface area (TPSA) is 72.6 Å². The third-order valence-corrected chi connectivity index (χ3v) is 2.65. The van der Waals surface area contributed by atoms with Crippen LogP contribution in [-0.4, -0.2) is 22.7 Å². The number of hydrogen-bond donors (Lipinski definition) is 1. The summed E-state index contributed by atoms with van der Waals surface area (Å²) in [6.45, 7) is 2.54. The number of benzene rings is 1. The fraction of sp³-hybridized carbons (Fsp3) is 0.286. The van der Waals surface area contributed by atoms with Crippen LogP contribution in [-0.2, 0) is 11.2 Å². The first-order chi connectivity index (χ1) is 9.20. The lowest BCUT2D eigenvalue weighted by Crippen LogP contribution is -1.98. The highest BCUT2D eigenvalue weighted by atomic mass is 16.5. The zero-order chi connectivity index (χ0) is 13.7. The van der Waals surface area contributed by atoms with Gasteiger partial charge in [-0.1, -0.05) is 0 Å². The van der Waals surface area contributed by atoms with Crippen LogP contribution in [0.4, 0.5) is 0 Å². The van der Waals surface area contributed by atoms with E-state index in [0.717, 1.165) is 11.3 Å². The van der Waals surface area contributed by atoms with E-state index in [4.69, 9.17) is 14.3 Å². The Hall–Kier alpha value is -2.30. The first kappa shape index (κ1) is 13.1. The maximum Gasteiger partial charge on any atom is 0.303 e. The summed E-state index contributed by atoms with van der Waals surface area (Å²) in [5.41, 5.74) is 1.57. The molecule has 0 radical (unpaired) electrons. The molecule has 2 aromatic rings. The second kappa shape index (κ2) is 6.04. The number of carbonyl (C=O) groups is 1. The SMILES string of the molecule is CCOc1ccc(-c2ncoc2CCC(=O)O)cc1. The van der Waals surface area contributed by atoms with Crippen LogP contribution in [0.5, 0.6) is 5.75 Å². The third-order valence-electron chi connectivity index (χ3n) is 2.65.